The molecule has 1 aromatic carbocycles. The van der Waals surface area contributed by atoms with Crippen molar-refractivity contribution in [2.45, 2.75) is 74.3 Å². The van der Waals surface area contributed by atoms with Gasteiger partial charge in [-0.2, -0.15) is 8.78 Å². The van der Waals surface area contributed by atoms with Crippen LogP contribution in [0.5, 0.6) is 0 Å². The zero-order valence-electron chi connectivity index (χ0n) is 24.5. The standard InChI is InChI=1S/C30H33F2N4O8PS/c31-30(32,45(42,43)44)19-5-8-23-17(13-19)14-24(46-23)26(38)34-21-4-2-1-3-20-6-7-22(36(20)27(21)39)28(40)35-12-10-29(41,16-35)18-9-11-33-25(37)15-18/h5,8-9,11,13-15,20-22,41H,1-4,6-7,10,12,16H2,(H,33,37)(H,34,38)(H2,42,43,44)/t20-,21?,22-,29?/m0/s1. The highest BCUT2D eigenvalue weighted by Crippen LogP contribution is 2.59. The van der Waals surface area contributed by atoms with Crippen LogP contribution in [0.15, 0.2) is 47.4 Å². The SMILES string of the molecule is O=C(NC1CCCC[C@H]2CC[C@@H](C(=O)N3CCC(O)(c4cc[nH]c(=O)c4)C3)N2C1=O)c1cc2cc(C(F)(F)P(=O)(O)O)ccc2s1. The summed E-state index contributed by atoms with van der Waals surface area (Å²) in [6.45, 7) is 0.228. The molecule has 3 saturated heterocycles. The number of carbonyl (C=O) groups is 3. The minimum atomic E-state index is -5.77. The largest absolute Gasteiger partial charge is 0.399 e. The molecule has 246 valence electrons. The molecule has 0 radical (unpaired) electrons. The van der Waals surface area contributed by atoms with E-state index in [0.717, 1.165) is 29.9 Å². The van der Waals surface area contributed by atoms with Gasteiger partial charge in [-0.1, -0.05) is 18.9 Å². The van der Waals surface area contributed by atoms with Gasteiger partial charge in [0.05, 0.1) is 11.4 Å². The molecule has 3 aliphatic rings. The maximum absolute atomic E-state index is 14.3. The molecule has 12 nitrogen and oxygen atoms in total. The number of halogens is 2. The molecule has 5 N–H and O–H groups in total. The number of hydrogen-bond donors (Lipinski definition) is 5. The van der Waals surface area contributed by atoms with Gasteiger partial charge in [0.1, 0.15) is 17.7 Å². The van der Waals surface area contributed by atoms with Crippen LogP contribution in [0.4, 0.5) is 8.78 Å². The van der Waals surface area contributed by atoms with Crippen molar-refractivity contribution in [3.63, 3.8) is 0 Å². The number of carbonyl (C=O) groups excluding carboxylic acids is 3. The van der Waals surface area contributed by atoms with E-state index in [1.54, 1.807) is 11.0 Å². The first-order valence-corrected chi connectivity index (χ1v) is 17.4. The molecule has 2 unspecified atom stereocenters. The van der Waals surface area contributed by atoms with Gasteiger partial charge in [0.25, 0.3) is 5.91 Å². The van der Waals surface area contributed by atoms with Gasteiger partial charge < -0.3 is 35.0 Å². The number of nitrogens with one attached hydrogen (secondary N) is 2. The van der Waals surface area contributed by atoms with Gasteiger partial charge in [0, 0.05) is 35.1 Å². The predicted molar refractivity (Wildman–Crippen MR) is 163 cm³/mol. The number of aromatic nitrogens is 1. The summed E-state index contributed by atoms with van der Waals surface area (Å²) in [7, 11) is -5.77. The Kier molecular flexibility index (Phi) is 8.43. The quantitative estimate of drug-likeness (QED) is 0.247. The first-order valence-electron chi connectivity index (χ1n) is 15.0. The van der Waals surface area contributed by atoms with Crippen LogP contribution in [-0.4, -0.2) is 78.6 Å². The van der Waals surface area contributed by atoms with Crippen LogP contribution in [0.25, 0.3) is 10.1 Å². The van der Waals surface area contributed by atoms with Crippen LogP contribution in [-0.2, 0) is 25.4 Å². The molecule has 16 heteroatoms. The summed E-state index contributed by atoms with van der Waals surface area (Å²) in [5, 5.41) is 14.2. The lowest BCUT2D eigenvalue weighted by Crippen LogP contribution is -2.56. The molecule has 3 aliphatic heterocycles. The smallest absolute Gasteiger partial charge is 0.383 e. The first kappa shape index (κ1) is 32.5. The molecule has 6 rings (SSSR count). The fourth-order valence-corrected chi connectivity index (χ4v) is 8.23. The molecule has 46 heavy (non-hydrogen) atoms. The van der Waals surface area contributed by atoms with E-state index in [2.05, 4.69) is 10.3 Å². The van der Waals surface area contributed by atoms with Gasteiger partial charge >= 0.3 is 13.3 Å². The normalized spacial score (nSPS) is 25.8. The van der Waals surface area contributed by atoms with E-state index >= 15 is 0 Å². The molecule has 5 heterocycles. The molecule has 3 amide bonds. The highest BCUT2D eigenvalue weighted by Gasteiger charge is 2.51. The van der Waals surface area contributed by atoms with Crippen molar-refractivity contribution < 1.29 is 42.6 Å². The van der Waals surface area contributed by atoms with Crippen molar-refractivity contribution in [1.29, 1.82) is 0 Å². The van der Waals surface area contributed by atoms with Crippen LogP contribution in [0.2, 0.25) is 0 Å². The summed E-state index contributed by atoms with van der Waals surface area (Å²) in [6.07, 6.45) is 5.24. The average molecular weight is 679 g/mol. The Morgan fingerprint density at radius 2 is 1.83 bits per heavy atom. The predicted octanol–water partition coefficient (Wildman–Crippen LogP) is 2.97. The zero-order valence-corrected chi connectivity index (χ0v) is 26.2. The Labute approximate surface area is 265 Å². The van der Waals surface area contributed by atoms with Gasteiger partial charge in [0.2, 0.25) is 17.4 Å². The van der Waals surface area contributed by atoms with E-state index < -0.39 is 42.4 Å². The molecule has 2 aromatic heterocycles. The number of amides is 3. The van der Waals surface area contributed by atoms with Crippen molar-refractivity contribution in [1.82, 2.24) is 20.1 Å². The van der Waals surface area contributed by atoms with Crippen molar-refractivity contribution in [3.8, 4) is 0 Å². The summed E-state index contributed by atoms with van der Waals surface area (Å²) in [5.41, 5.74) is -6.62. The number of pyridine rings is 1. The Balaban J connectivity index is 1.18. The zero-order chi connectivity index (χ0) is 33.0. The third-order valence-electron chi connectivity index (χ3n) is 9.25. The van der Waals surface area contributed by atoms with E-state index in [1.165, 1.54) is 29.3 Å². The molecule has 4 atom stereocenters. The maximum atomic E-state index is 14.3. The minimum absolute atomic E-state index is 0.0214. The van der Waals surface area contributed by atoms with Crippen molar-refractivity contribution >= 4 is 46.7 Å². The second-order valence-electron chi connectivity index (χ2n) is 12.2. The number of nitrogens with zero attached hydrogens (tertiary/aromatic N) is 2. The number of aromatic amines is 1. The third-order valence-corrected chi connectivity index (χ3v) is 11.4. The van der Waals surface area contributed by atoms with E-state index in [4.69, 9.17) is 9.79 Å². The number of rotatable bonds is 6. The third kappa shape index (κ3) is 5.90. The lowest BCUT2D eigenvalue weighted by Gasteiger charge is -2.36. The molecule has 3 fully saturated rings. The monoisotopic (exact) mass is 678 g/mol. The Morgan fingerprint density at radius 1 is 1.07 bits per heavy atom. The second kappa shape index (κ2) is 11.9. The van der Waals surface area contributed by atoms with Crippen LogP contribution >= 0.6 is 18.9 Å². The lowest BCUT2D eigenvalue weighted by atomic mass is 9.94. The average Bonchev–Trinajstić information content (AvgIpc) is 3.73. The summed E-state index contributed by atoms with van der Waals surface area (Å²) in [5.74, 6) is -1.29. The topological polar surface area (TPSA) is 180 Å². The maximum Gasteiger partial charge on any atom is 0.399 e. The van der Waals surface area contributed by atoms with Crippen LogP contribution in [0.3, 0.4) is 0 Å². The molecule has 0 spiro atoms. The second-order valence-corrected chi connectivity index (χ2v) is 15.0. The van der Waals surface area contributed by atoms with Crippen LogP contribution in [0, 0.1) is 0 Å². The minimum Gasteiger partial charge on any atom is -0.383 e. The highest BCUT2D eigenvalue weighted by molar-refractivity contribution is 7.52. The lowest BCUT2D eigenvalue weighted by molar-refractivity contribution is -0.147. The molecule has 0 saturated carbocycles. The molecule has 3 aromatic rings. The van der Waals surface area contributed by atoms with E-state index in [-0.39, 0.29) is 53.2 Å². The molecule has 0 bridgehead atoms. The Bertz CT molecular complexity index is 1810. The number of benzene rings is 1. The fourth-order valence-electron chi connectivity index (χ4n) is 6.81. The number of fused-ring (bicyclic) bond motifs is 2. The van der Waals surface area contributed by atoms with Gasteiger partial charge in [-0.3, -0.25) is 23.7 Å². The first-order chi connectivity index (χ1) is 21.7. The van der Waals surface area contributed by atoms with Crippen molar-refractivity contribution in [3.05, 3.63) is 69.0 Å². The molecular formula is C30H33F2N4O8PS. The van der Waals surface area contributed by atoms with Crippen LogP contribution in [0.1, 0.15) is 65.7 Å². The van der Waals surface area contributed by atoms with E-state index in [1.807, 2.05) is 0 Å². The highest BCUT2D eigenvalue weighted by atomic mass is 32.1. The number of likely N-dealkylation sites (tertiary alicyclic amines) is 1. The number of β-amino-alcohol motifs (C(OH)–C–C–N with tert-alkyl or cyclic N) is 1. The fraction of sp³-hybridized carbons (Fsp3) is 0.467. The summed E-state index contributed by atoms with van der Waals surface area (Å²) in [4.78, 5) is 76.9. The Hall–Kier alpha value is -3.49. The van der Waals surface area contributed by atoms with Gasteiger partial charge in [-0.05, 0) is 67.3 Å². The molecule has 0 aliphatic carbocycles. The number of H-pyrrole nitrogens is 1. The number of alkyl halides is 2. The van der Waals surface area contributed by atoms with Gasteiger partial charge in [0.15, 0.2) is 0 Å². The number of thiophene rings is 1. The summed E-state index contributed by atoms with van der Waals surface area (Å²) in [6, 6.07) is 5.45. The van der Waals surface area contributed by atoms with E-state index in [9.17, 15) is 37.6 Å². The number of aliphatic hydroxyl groups is 1. The van der Waals surface area contributed by atoms with Gasteiger partial charge in [-0.15, -0.1) is 11.3 Å². The number of hydrogen-bond acceptors (Lipinski definition) is 7. The van der Waals surface area contributed by atoms with Crippen LogP contribution < -0.4 is 10.9 Å². The van der Waals surface area contributed by atoms with E-state index in [0.29, 0.717) is 42.4 Å². The summed E-state index contributed by atoms with van der Waals surface area (Å²) >= 11 is 0.990. The Morgan fingerprint density at radius 3 is 2.57 bits per heavy atom. The molecular weight excluding hydrogens is 645 g/mol. The van der Waals surface area contributed by atoms with Gasteiger partial charge in [-0.25, -0.2) is 0 Å². The van der Waals surface area contributed by atoms with Crippen molar-refractivity contribution in [2.75, 3.05) is 13.1 Å². The summed E-state index contributed by atoms with van der Waals surface area (Å²) < 4.78 is 40.3. The van der Waals surface area contributed by atoms with Crippen molar-refractivity contribution in [2.24, 2.45) is 0 Å².